The van der Waals surface area contributed by atoms with Crippen molar-refractivity contribution in [2.75, 3.05) is 26.0 Å². The number of nitrogens with zero attached hydrogens (tertiary/aromatic N) is 1. The number of benzene rings is 2. The topological polar surface area (TPSA) is 15.3 Å². The van der Waals surface area contributed by atoms with Gasteiger partial charge in [0.1, 0.15) is 0 Å². The van der Waals surface area contributed by atoms with Crippen molar-refractivity contribution in [3.63, 3.8) is 0 Å². The zero-order valence-corrected chi connectivity index (χ0v) is 13.9. The Bertz CT molecular complexity index is 591. The number of nitrogens with one attached hydrogen (secondary N) is 1. The molecular formula is C18H23ClN2. The molecule has 2 nitrogen and oxygen atoms in total. The SMILES string of the molecule is CNC(Cc1ccc(C)cc1Cl)c1ccc(N(C)C)cc1. The Kier molecular flexibility index (Phi) is 5.27. The molecule has 1 unspecified atom stereocenters. The first kappa shape index (κ1) is 15.9. The van der Waals surface area contributed by atoms with E-state index in [-0.39, 0.29) is 6.04 Å². The fraction of sp³-hybridized carbons (Fsp3) is 0.333. The third-order valence-corrected chi connectivity index (χ3v) is 4.14. The smallest absolute Gasteiger partial charge is 0.0441 e. The molecule has 2 rings (SSSR count). The molecule has 0 aromatic heterocycles. The van der Waals surface area contributed by atoms with Gasteiger partial charge in [-0.15, -0.1) is 0 Å². The third kappa shape index (κ3) is 3.99. The Morgan fingerprint density at radius 3 is 2.29 bits per heavy atom. The van der Waals surface area contributed by atoms with Crippen molar-refractivity contribution in [3.8, 4) is 0 Å². The van der Waals surface area contributed by atoms with Gasteiger partial charge in [0.2, 0.25) is 0 Å². The second-order valence-corrected chi connectivity index (χ2v) is 6.03. The molecule has 0 saturated heterocycles. The fourth-order valence-corrected chi connectivity index (χ4v) is 2.74. The van der Waals surface area contributed by atoms with Crippen molar-refractivity contribution in [1.29, 1.82) is 0 Å². The maximum absolute atomic E-state index is 6.35. The van der Waals surface area contributed by atoms with E-state index in [0.29, 0.717) is 0 Å². The Labute approximate surface area is 132 Å². The van der Waals surface area contributed by atoms with Gasteiger partial charge in [-0.25, -0.2) is 0 Å². The minimum absolute atomic E-state index is 0.265. The summed E-state index contributed by atoms with van der Waals surface area (Å²) in [5, 5.41) is 4.23. The molecule has 0 spiro atoms. The lowest BCUT2D eigenvalue weighted by Gasteiger charge is -2.19. The molecule has 0 radical (unpaired) electrons. The standard InChI is InChI=1S/C18H23ClN2/c1-13-5-6-15(17(19)11-13)12-18(20-2)14-7-9-16(10-8-14)21(3)4/h5-11,18,20H,12H2,1-4H3. The number of anilines is 1. The van der Waals surface area contributed by atoms with Crippen LogP contribution in [0.1, 0.15) is 22.7 Å². The molecular weight excluding hydrogens is 280 g/mol. The largest absolute Gasteiger partial charge is 0.378 e. The van der Waals surface area contributed by atoms with Gasteiger partial charge in [0.15, 0.2) is 0 Å². The third-order valence-electron chi connectivity index (χ3n) is 3.79. The normalized spacial score (nSPS) is 12.2. The van der Waals surface area contributed by atoms with Crippen molar-refractivity contribution in [3.05, 3.63) is 64.2 Å². The second kappa shape index (κ2) is 6.97. The minimum atomic E-state index is 0.265. The Morgan fingerprint density at radius 2 is 1.76 bits per heavy atom. The summed E-state index contributed by atoms with van der Waals surface area (Å²) in [6.45, 7) is 2.06. The van der Waals surface area contributed by atoms with Gasteiger partial charge in [-0.3, -0.25) is 0 Å². The molecule has 21 heavy (non-hydrogen) atoms. The Balaban J connectivity index is 2.19. The van der Waals surface area contributed by atoms with Gasteiger partial charge in [-0.2, -0.15) is 0 Å². The van der Waals surface area contributed by atoms with Crippen LogP contribution in [0.3, 0.4) is 0 Å². The first-order chi connectivity index (χ1) is 10.0. The van der Waals surface area contributed by atoms with Crippen LogP contribution in [-0.4, -0.2) is 21.1 Å². The molecule has 0 fully saturated rings. The number of hydrogen-bond donors (Lipinski definition) is 1. The summed E-state index contributed by atoms with van der Waals surface area (Å²) in [6.07, 6.45) is 0.886. The maximum atomic E-state index is 6.35. The average Bonchev–Trinajstić information content (AvgIpc) is 2.47. The van der Waals surface area contributed by atoms with Crippen LogP contribution in [0.15, 0.2) is 42.5 Å². The molecule has 2 aromatic rings. The van der Waals surface area contributed by atoms with E-state index in [4.69, 9.17) is 11.6 Å². The molecule has 0 saturated carbocycles. The molecule has 0 aliphatic heterocycles. The summed E-state index contributed by atoms with van der Waals surface area (Å²) in [4.78, 5) is 2.11. The average molecular weight is 303 g/mol. The number of aryl methyl sites for hydroxylation is 1. The summed E-state index contributed by atoms with van der Waals surface area (Å²) in [7, 11) is 6.10. The van der Waals surface area contributed by atoms with Crippen LogP contribution >= 0.6 is 11.6 Å². The van der Waals surface area contributed by atoms with Crippen LogP contribution < -0.4 is 10.2 Å². The lowest BCUT2D eigenvalue weighted by molar-refractivity contribution is 0.592. The van der Waals surface area contributed by atoms with Crippen molar-refractivity contribution in [2.45, 2.75) is 19.4 Å². The van der Waals surface area contributed by atoms with Crippen LogP contribution in [0.4, 0.5) is 5.69 Å². The highest BCUT2D eigenvalue weighted by molar-refractivity contribution is 6.31. The monoisotopic (exact) mass is 302 g/mol. The lowest BCUT2D eigenvalue weighted by Crippen LogP contribution is -2.19. The van der Waals surface area contributed by atoms with E-state index in [1.165, 1.54) is 22.4 Å². The highest BCUT2D eigenvalue weighted by atomic mass is 35.5. The molecule has 0 aliphatic rings. The van der Waals surface area contributed by atoms with Crippen molar-refractivity contribution < 1.29 is 0 Å². The van der Waals surface area contributed by atoms with E-state index in [2.05, 4.69) is 67.6 Å². The molecule has 0 bridgehead atoms. The maximum Gasteiger partial charge on any atom is 0.0441 e. The Hall–Kier alpha value is -1.51. The van der Waals surface area contributed by atoms with Crippen LogP contribution in [0.25, 0.3) is 0 Å². The Morgan fingerprint density at radius 1 is 1.10 bits per heavy atom. The molecule has 0 aliphatic carbocycles. The van der Waals surface area contributed by atoms with E-state index in [1.54, 1.807) is 0 Å². The fourth-order valence-electron chi connectivity index (χ4n) is 2.43. The summed E-state index contributed by atoms with van der Waals surface area (Å²) in [6, 6.07) is 15.2. The van der Waals surface area contributed by atoms with Crippen molar-refractivity contribution in [1.82, 2.24) is 5.32 Å². The van der Waals surface area contributed by atoms with E-state index in [1.807, 2.05) is 13.1 Å². The summed E-state index contributed by atoms with van der Waals surface area (Å²) < 4.78 is 0. The molecule has 1 N–H and O–H groups in total. The minimum Gasteiger partial charge on any atom is -0.378 e. The van der Waals surface area contributed by atoms with Crippen LogP contribution in [0, 0.1) is 6.92 Å². The first-order valence-electron chi connectivity index (χ1n) is 7.21. The number of hydrogen-bond acceptors (Lipinski definition) is 2. The van der Waals surface area contributed by atoms with Crippen molar-refractivity contribution >= 4 is 17.3 Å². The lowest BCUT2D eigenvalue weighted by atomic mass is 9.98. The zero-order chi connectivity index (χ0) is 15.4. The van der Waals surface area contributed by atoms with Crippen LogP contribution in [-0.2, 0) is 6.42 Å². The first-order valence-corrected chi connectivity index (χ1v) is 7.58. The highest BCUT2D eigenvalue weighted by Gasteiger charge is 2.12. The summed E-state index contributed by atoms with van der Waals surface area (Å²) >= 11 is 6.35. The van der Waals surface area contributed by atoms with Gasteiger partial charge < -0.3 is 10.2 Å². The molecule has 0 amide bonds. The molecule has 1 atom stereocenters. The molecule has 0 heterocycles. The van der Waals surface area contributed by atoms with Crippen LogP contribution in [0.5, 0.6) is 0 Å². The van der Waals surface area contributed by atoms with Crippen LogP contribution in [0.2, 0.25) is 5.02 Å². The van der Waals surface area contributed by atoms with Gasteiger partial charge in [0, 0.05) is 30.8 Å². The van der Waals surface area contributed by atoms with Gasteiger partial charge in [0.25, 0.3) is 0 Å². The highest BCUT2D eigenvalue weighted by Crippen LogP contribution is 2.25. The summed E-state index contributed by atoms with van der Waals surface area (Å²) in [5.74, 6) is 0. The van der Waals surface area contributed by atoms with Gasteiger partial charge in [0.05, 0.1) is 0 Å². The molecule has 3 heteroatoms. The number of rotatable bonds is 5. The predicted octanol–water partition coefficient (Wildman–Crippen LogP) is 4.22. The molecule has 2 aromatic carbocycles. The van der Waals surface area contributed by atoms with E-state index in [0.717, 1.165) is 11.4 Å². The van der Waals surface area contributed by atoms with Gasteiger partial charge in [-0.1, -0.05) is 35.9 Å². The number of halogens is 1. The molecule has 112 valence electrons. The summed E-state index contributed by atoms with van der Waals surface area (Å²) in [5.41, 5.74) is 4.86. The van der Waals surface area contributed by atoms with Gasteiger partial charge in [-0.05, 0) is 55.3 Å². The zero-order valence-electron chi connectivity index (χ0n) is 13.2. The van der Waals surface area contributed by atoms with E-state index in [9.17, 15) is 0 Å². The quantitative estimate of drug-likeness (QED) is 0.889. The van der Waals surface area contributed by atoms with Gasteiger partial charge >= 0.3 is 0 Å². The number of likely N-dealkylation sites (N-methyl/N-ethyl adjacent to an activating group) is 1. The van der Waals surface area contributed by atoms with E-state index >= 15 is 0 Å². The second-order valence-electron chi connectivity index (χ2n) is 5.63. The van der Waals surface area contributed by atoms with Crippen molar-refractivity contribution in [2.24, 2.45) is 0 Å². The predicted molar refractivity (Wildman–Crippen MR) is 92.5 cm³/mol. The van der Waals surface area contributed by atoms with E-state index < -0.39 is 0 Å².